The van der Waals surface area contributed by atoms with E-state index in [1.165, 1.54) is 32.4 Å². The van der Waals surface area contributed by atoms with Crippen LogP contribution in [-0.4, -0.2) is 77.6 Å². The summed E-state index contributed by atoms with van der Waals surface area (Å²) in [5.41, 5.74) is 7.93. The minimum absolute atomic E-state index is 0.406. The molecule has 0 unspecified atom stereocenters. The summed E-state index contributed by atoms with van der Waals surface area (Å²) in [7, 11) is 0. The lowest BCUT2D eigenvalue weighted by atomic mass is 10.2. The fourth-order valence-electron chi connectivity index (χ4n) is 4.75. The Hall–Kier alpha value is -2.12. The Bertz CT molecular complexity index is 841. The van der Waals surface area contributed by atoms with Crippen molar-refractivity contribution in [3.63, 3.8) is 0 Å². The second-order valence-corrected chi connectivity index (χ2v) is 8.33. The summed E-state index contributed by atoms with van der Waals surface area (Å²) in [6, 6.07) is 5.78. The molecule has 1 amide bonds. The fraction of sp³-hybridized carbons (Fsp3) is 0.636. The van der Waals surface area contributed by atoms with Crippen molar-refractivity contribution in [2.75, 3.05) is 57.3 Å². The van der Waals surface area contributed by atoms with Crippen LogP contribution in [0.15, 0.2) is 18.2 Å². The van der Waals surface area contributed by atoms with E-state index in [9.17, 15) is 4.79 Å². The van der Waals surface area contributed by atoms with Crippen molar-refractivity contribution in [1.29, 1.82) is 0 Å². The zero-order valence-corrected chi connectivity index (χ0v) is 17.6. The van der Waals surface area contributed by atoms with E-state index in [1.807, 2.05) is 6.07 Å². The van der Waals surface area contributed by atoms with E-state index in [2.05, 4.69) is 32.3 Å². The molecule has 0 bridgehead atoms. The third kappa shape index (κ3) is 4.41. The number of para-hydroxylation sites is 1. The van der Waals surface area contributed by atoms with Gasteiger partial charge in [-0.05, 0) is 64.0 Å². The van der Waals surface area contributed by atoms with Crippen molar-refractivity contribution in [2.24, 2.45) is 5.73 Å². The van der Waals surface area contributed by atoms with Crippen LogP contribution in [0, 0.1) is 0 Å². The molecule has 158 valence electrons. The average molecular weight is 399 g/mol. The minimum atomic E-state index is -0.406. The molecule has 0 spiro atoms. The Morgan fingerprint density at radius 1 is 0.966 bits per heavy atom. The van der Waals surface area contributed by atoms with Crippen LogP contribution in [0.5, 0.6) is 0 Å². The largest absolute Gasteiger partial charge is 0.366 e. The van der Waals surface area contributed by atoms with Crippen molar-refractivity contribution in [3.8, 4) is 0 Å². The van der Waals surface area contributed by atoms with E-state index in [-0.39, 0.29) is 0 Å². The van der Waals surface area contributed by atoms with Gasteiger partial charge in [-0.3, -0.25) is 4.79 Å². The van der Waals surface area contributed by atoms with Crippen LogP contribution in [0.4, 0.5) is 5.95 Å². The van der Waals surface area contributed by atoms with E-state index < -0.39 is 5.91 Å². The summed E-state index contributed by atoms with van der Waals surface area (Å²) in [4.78, 5) is 24.4. The van der Waals surface area contributed by atoms with Crippen molar-refractivity contribution >= 4 is 22.9 Å². The van der Waals surface area contributed by atoms with Gasteiger partial charge in [0.15, 0.2) is 0 Å². The minimum Gasteiger partial charge on any atom is -0.366 e. The van der Waals surface area contributed by atoms with Crippen LogP contribution in [-0.2, 0) is 6.54 Å². The van der Waals surface area contributed by atoms with E-state index in [0.29, 0.717) is 5.56 Å². The first-order valence-corrected chi connectivity index (χ1v) is 11.2. The summed E-state index contributed by atoms with van der Waals surface area (Å²) in [5.74, 6) is 0.586. The number of carbonyl (C=O) groups is 1. The van der Waals surface area contributed by atoms with Gasteiger partial charge in [0.2, 0.25) is 5.95 Å². The molecule has 7 heteroatoms. The highest BCUT2D eigenvalue weighted by Crippen LogP contribution is 2.26. The number of aromatic nitrogens is 2. The lowest BCUT2D eigenvalue weighted by Gasteiger charge is -2.24. The number of benzene rings is 1. The van der Waals surface area contributed by atoms with Gasteiger partial charge in [-0.25, -0.2) is 4.98 Å². The van der Waals surface area contributed by atoms with Gasteiger partial charge in [0.25, 0.3) is 5.91 Å². The third-order valence-electron chi connectivity index (χ3n) is 6.27. The lowest BCUT2D eigenvalue weighted by molar-refractivity contribution is 0.100. The zero-order chi connectivity index (χ0) is 20.2. The normalized spacial score (nSPS) is 19.1. The van der Waals surface area contributed by atoms with Crippen LogP contribution in [0.1, 0.15) is 43.0 Å². The number of hydrogen-bond donors (Lipinski definition) is 1. The molecule has 7 nitrogen and oxygen atoms in total. The molecule has 0 aliphatic carbocycles. The number of anilines is 1. The number of carbonyl (C=O) groups excluding carboxylic acids is 1. The average Bonchev–Trinajstić information content (AvgIpc) is 3.29. The Morgan fingerprint density at radius 2 is 1.72 bits per heavy atom. The van der Waals surface area contributed by atoms with Crippen LogP contribution in [0.2, 0.25) is 0 Å². The molecule has 2 aliphatic heterocycles. The number of hydrogen-bond acceptors (Lipinski definition) is 5. The van der Waals surface area contributed by atoms with Gasteiger partial charge < -0.3 is 25.0 Å². The number of imidazole rings is 1. The van der Waals surface area contributed by atoms with Crippen molar-refractivity contribution in [2.45, 2.75) is 39.2 Å². The molecular weight excluding hydrogens is 364 g/mol. The van der Waals surface area contributed by atoms with Crippen molar-refractivity contribution < 1.29 is 4.79 Å². The van der Waals surface area contributed by atoms with E-state index in [1.54, 1.807) is 6.07 Å². The lowest BCUT2D eigenvalue weighted by Crippen LogP contribution is -2.33. The summed E-state index contributed by atoms with van der Waals surface area (Å²) in [6.45, 7) is 11.9. The molecular formula is C22H34N6O. The highest BCUT2D eigenvalue weighted by Gasteiger charge is 2.23. The molecule has 2 aromatic rings. The van der Waals surface area contributed by atoms with Crippen molar-refractivity contribution in [1.82, 2.24) is 19.4 Å². The second-order valence-electron chi connectivity index (χ2n) is 8.33. The standard InChI is InChI=1S/C22H34N6O/c1-2-9-25-12-6-13-27(16-14-25)22-24-20-18(21(23)29)7-5-8-19(20)28(22)17-15-26-10-3-4-11-26/h5,7-8H,2-4,6,9-17H2,1H3,(H2,23,29). The first kappa shape index (κ1) is 20.2. The van der Waals surface area contributed by atoms with E-state index >= 15 is 0 Å². The van der Waals surface area contributed by atoms with Gasteiger partial charge in [-0.2, -0.15) is 0 Å². The topological polar surface area (TPSA) is 70.6 Å². The third-order valence-corrected chi connectivity index (χ3v) is 6.27. The van der Waals surface area contributed by atoms with Crippen LogP contribution >= 0.6 is 0 Å². The van der Waals surface area contributed by atoms with Gasteiger partial charge >= 0.3 is 0 Å². The molecule has 29 heavy (non-hydrogen) atoms. The molecule has 4 rings (SSSR count). The predicted molar refractivity (Wildman–Crippen MR) is 117 cm³/mol. The summed E-state index contributed by atoms with van der Waals surface area (Å²) in [6.07, 6.45) is 4.92. The maximum Gasteiger partial charge on any atom is 0.250 e. The number of nitrogens with two attached hydrogens (primary N) is 1. The first-order valence-electron chi connectivity index (χ1n) is 11.2. The molecule has 0 radical (unpaired) electrons. The van der Waals surface area contributed by atoms with Crippen molar-refractivity contribution in [3.05, 3.63) is 23.8 Å². The number of nitrogens with zero attached hydrogens (tertiary/aromatic N) is 5. The maximum atomic E-state index is 12.0. The molecule has 2 saturated heterocycles. The number of likely N-dealkylation sites (tertiary alicyclic amines) is 1. The van der Waals surface area contributed by atoms with E-state index in [0.717, 1.165) is 69.2 Å². The quantitative estimate of drug-likeness (QED) is 0.774. The fourth-order valence-corrected chi connectivity index (χ4v) is 4.75. The Balaban J connectivity index is 1.66. The molecule has 2 aliphatic rings. The van der Waals surface area contributed by atoms with Gasteiger partial charge in [0, 0.05) is 32.7 Å². The molecule has 3 heterocycles. The Kier molecular flexibility index (Phi) is 6.35. The summed E-state index contributed by atoms with van der Waals surface area (Å²) in [5, 5.41) is 0. The smallest absolute Gasteiger partial charge is 0.250 e. The summed E-state index contributed by atoms with van der Waals surface area (Å²) < 4.78 is 2.32. The predicted octanol–water partition coefficient (Wildman–Crippen LogP) is 2.15. The van der Waals surface area contributed by atoms with Gasteiger partial charge in [0.05, 0.1) is 11.1 Å². The zero-order valence-electron chi connectivity index (χ0n) is 17.6. The Morgan fingerprint density at radius 3 is 2.48 bits per heavy atom. The Labute approximate surface area is 173 Å². The number of fused-ring (bicyclic) bond motifs is 1. The number of primary amides is 1. The highest BCUT2D eigenvalue weighted by atomic mass is 16.1. The van der Waals surface area contributed by atoms with E-state index in [4.69, 9.17) is 10.7 Å². The molecule has 0 atom stereocenters. The molecule has 2 N–H and O–H groups in total. The molecule has 1 aromatic heterocycles. The summed E-state index contributed by atoms with van der Waals surface area (Å²) >= 11 is 0. The van der Waals surface area contributed by atoms with Gasteiger partial charge in [-0.1, -0.05) is 13.0 Å². The number of rotatable bonds is 7. The van der Waals surface area contributed by atoms with Gasteiger partial charge in [-0.15, -0.1) is 0 Å². The second kappa shape index (κ2) is 9.13. The number of amides is 1. The van der Waals surface area contributed by atoms with Crippen LogP contribution in [0.3, 0.4) is 0 Å². The van der Waals surface area contributed by atoms with Crippen LogP contribution in [0.25, 0.3) is 11.0 Å². The SMILES string of the molecule is CCCN1CCCN(c2nc3c(C(N)=O)cccc3n2CCN2CCCC2)CC1. The van der Waals surface area contributed by atoms with Crippen LogP contribution < -0.4 is 10.6 Å². The molecule has 1 aromatic carbocycles. The monoisotopic (exact) mass is 398 g/mol. The molecule has 2 fully saturated rings. The highest BCUT2D eigenvalue weighted by molar-refractivity contribution is 6.04. The first-order chi connectivity index (χ1) is 14.2. The molecule has 0 saturated carbocycles. The maximum absolute atomic E-state index is 12.0. The van der Waals surface area contributed by atoms with Gasteiger partial charge in [0.1, 0.15) is 5.52 Å².